The number of hydrogen-bond donors (Lipinski definition) is 2. The lowest BCUT2D eigenvalue weighted by molar-refractivity contribution is -0.384. The first-order valence-electron chi connectivity index (χ1n) is 7.46. The number of hydrogen-bond acceptors (Lipinski definition) is 7. The highest BCUT2D eigenvalue weighted by Gasteiger charge is 2.15. The van der Waals surface area contributed by atoms with Crippen LogP contribution in [-0.4, -0.2) is 28.0 Å². The number of aliphatic hydroxyl groups is 1. The molecule has 0 fully saturated rings. The number of rotatable bonds is 5. The quantitative estimate of drug-likeness (QED) is 0.214. The van der Waals surface area contributed by atoms with Gasteiger partial charge in [-0.2, -0.15) is 0 Å². The van der Waals surface area contributed by atoms with Crippen LogP contribution < -0.4 is 4.74 Å². The summed E-state index contributed by atoms with van der Waals surface area (Å²) < 4.78 is 19.5. The van der Waals surface area contributed by atoms with E-state index in [2.05, 4.69) is 0 Å². The number of halogens is 1. The number of carbonyl (C=O) groups excluding carboxylic acids is 1. The fourth-order valence-electron chi connectivity index (χ4n) is 2.19. The van der Waals surface area contributed by atoms with Crippen LogP contribution in [0.25, 0.3) is 10.1 Å². The van der Waals surface area contributed by atoms with Gasteiger partial charge < -0.3 is 14.7 Å². The fourth-order valence-corrected chi connectivity index (χ4v) is 3.44. The number of nitro benzene ring substituents is 1. The summed E-state index contributed by atoms with van der Waals surface area (Å²) in [5.74, 6) is -1.85. The number of nitro groups is 1. The summed E-state index contributed by atoms with van der Waals surface area (Å²) in [6.07, 6.45) is 0. The lowest BCUT2D eigenvalue weighted by atomic mass is 10.2. The standard InChI is InChI=1S/C16H11FNO5PS.CH4O/c17-15(24-22)9-1-6-13-10(7-9)8-14(25-13)16(19)23-12-4-2-11(3-5-12)18(20)21;1-2/h1-8,15,22,24H;2H,1H3. The van der Waals surface area contributed by atoms with Gasteiger partial charge in [-0.1, -0.05) is 6.07 Å². The first-order chi connectivity index (χ1) is 13.0. The third-order valence-corrected chi connectivity index (χ3v) is 5.06. The van der Waals surface area contributed by atoms with Crippen LogP contribution >= 0.6 is 20.1 Å². The molecule has 0 saturated carbocycles. The van der Waals surface area contributed by atoms with E-state index in [1.165, 1.54) is 35.6 Å². The van der Waals surface area contributed by atoms with Gasteiger partial charge in [0, 0.05) is 23.9 Å². The first-order valence-corrected chi connectivity index (χ1v) is 9.30. The van der Waals surface area contributed by atoms with E-state index in [1.54, 1.807) is 24.3 Å². The minimum atomic E-state index is -1.44. The average molecular weight is 411 g/mol. The van der Waals surface area contributed by atoms with Gasteiger partial charge in [-0.05, 0) is 41.3 Å². The Hall–Kier alpha value is -2.45. The molecule has 7 nitrogen and oxygen atoms in total. The van der Waals surface area contributed by atoms with E-state index in [0.29, 0.717) is 15.8 Å². The van der Waals surface area contributed by atoms with E-state index in [9.17, 15) is 19.3 Å². The minimum Gasteiger partial charge on any atom is -0.422 e. The molecule has 0 bridgehead atoms. The second kappa shape index (κ2) is 9.48. The van der Waals surface area contributed by atoms with Gasteiger partial charge in [0.25, 0.3) is 5.69 Å². The molecular formula is C17H15FNO6PS. The monoisotopic (exact) mass is 411 g/mol. The van der Waals surface area contributed by atoms with Crippen molar-refractivity contribution in [2.75, 3.05) is 7.11 Å². The Bertz CT molecular complexity index is 946. The predicted molar refractivity (Wildman–Crippen MR) is 102 cm³/mol. The van der Waals surface area contributed by atoms with Gasteiger partial charge in [0.2, 0.25) is 0 Å². The van der Waals surface area contributed by atoms with Crippen LogP contribution in [0, 0.1) is 10.1 Å². The largest absolute Gasteiger partial charge is 0.422 e. The molecule has 0 saturated heterocycles. The van der Waals surface area contributed by atoms with Crippen LogP contribution in [0.4, 0.5) is 10.1 Å². The smallest absolute Gasteiger partial charge is 0.353 e. The molecule has 27 heavy (non-hydrogen) atoms. The van der Waals surface area contributed by atoms with Gasteiger partial charge in [-0.3, -0.25) is 10.1 Å². The normalized spacial score (nSPS) is 11.9. The SMILES string of the molecule is CO.O=C(Oc1ccc([N+](=O)[O-])cc1)c1cc2cc(C(F)PO)ccc2s1. The average Bonchev–Trinajstić information content (AvgIpc) is 3.12. The van der Waals surface area contributed by atoms with E-state index in [4.69, 9.17) is 14.7 Å². The Morgan fingerprint density at radius 1 is 1.22 bits per heavy atom. The minimum absolute atomic E-state index is 0.0976. The van der Waals surface area contributed by atoms with Crippen molar-refractivity contribution >= 4 is 41.9 Å². The highest BCUT2D eigenvalue weighted by atomic mass is 32.1. The van der Waals surface area contributed by atoms with E-state index in [1.807, 2.05) is 0 Å². The molecule has 0 spiro atoms. The van der Waals surface area contributed by atoms with Crippen molar-refractivity contribution < 1.29 is 28.8 Å². The summed E-state index contributed by atoms with van der Waals surface area (Å²) in [6.45, 7) is 0. The van der Waals surface area contributed by atoms with E-state index < -0.39 is 25.6 Å². The highest BCUT2D eigenvalue weighted by molar-refractivity contribution is 7.31. The number of non-ortho nitro benzene ring substituents is 1. The molecule has 3 aromatic rings. The number of nitrogens with zero attached hydrogens (tertiary/aromatic N) is 1. The highest BCUT2D eigenvalue weighted by Crippen LogP contribution is 2.36. The molecule has 10 heteroatoms. The summed E-state index contributed by atoms with van der Waals surface area (Å²) in [6, 6.07) is 11.6. The van der Waals surface area contributed by atoms with Crippen LogP contribution in [0.5, 0.6) is 5.75 Å². The van der Waals surface area contributed by atoms with Gasteiger partial charge >= 0.3 is 5.97 Å². The number of fused-ring (bicyclic) bond motifs is 1. The maximum atomic E-state index is 13.6. The van der Waals surface area contributed by atoms with Crippen molar-refractivity contribution in [3.05, 3.63) is 69.1 Å². The van der Waals surface area contributed by atoms with E-state index in [0.717, 1.165) is 11.8 Å². The second-order valence-electron chi connectivity index (χ2n) is 5.04. The van der Waals surface area contributed by atoms with Gasteiger partial charge in [0.15, 0.2) is 5.91 Å². The summed E-state index contributed by atoms with van der Waals surface area (Å²) in [5.41, 5.74) is 0.251. The Labute approximate surface area is 159 Å². The number of benzene rings is 2. The van der Waals surface area contributed by atoms with Crippen LogP contribution in [0.15, 0.2) is 48.5 Å². The molecule has 0 radical (unpaired) electrons. The molecular weight excluding hydrogens is 396 g/mol. The third kappa shape index (κ3) is 5.05. The summed E-state index contributed by atoms with van der Waals surface area (Å²) >= 11 is 1.20. The molecule has 0 aliphatic carbocycles. The predicted octanol–water partition coefficient (Wildman–Crippen LogP) is 4.19. The maximum Gasteiger partial charge on any atom is 0.353 e. The van der Waals surface area contributed by atoms with Crippen molar-refractivity contribution in [3.63, 3.8) is 0 Å². The molecule has 1 heterocycles. The Balaban J connectivity index is 0.00000126. The second-order valence-corrected chi connectivity index (χ2v) is 6.89. The Morgan fingerprint density at radius 3 is 2.48 bits per heavy atom. The molecule has 0 aliphatic rings. The van der Waals surface area contributed by atoms with E-state index >= 15 is 0 Å². The fraction of sp³-hybridized carbons (Fsp3) is 0.118. The lowest BCUT2D eigenvalue weighted by Crippen LogP contribution is -2.06. The van der Waals surface area contributed by atoms with Crippen LogP contribution in [0.1, 0.15) is 21.1 Å². The van der Waals surface area contributed by atoms with Gasteiger partial charge in [0.1, 0.15) is 10.6 Å². The van der Waals surface area contributed by atoms with Crippen LogP contribution in [-0.2, 0) is 0 Å². The number of carbonyl (C=O) groups is 1. The molecule has 2 atom stereocenters. The van der Waals surface area contributed by atoms with Crippen molar-refractivity contribution in [2.24, 2.45) is 0 Å². The van der Waals surface area contributed by atoms with Crippen LogP contribution in [0.3, 0.4) is 0 Å². The summed E-state index contributed by atoms with van der Waals surface area (Å²) in [7, 11) is 0.158. The number of esters is 1. The zero-order chi connectivity index (χ0) is 20.0. The van der Waals surface area contributed by atoms with Crippen LogP contribution in [0.2, 0.25) is 0 Å². The summed E-state index contributed by atoms with van der Waals surface area (Å²) in [5, 5.41) is 18.3. The lowest BCUT2D eigenvalue weighted by Gasteiger charge is -2.03. The van der Waals surface area contributed by atoms with Gasteiger partial charge in [0.05, 0.1) is 13.7 Å². The first kappa shape index (κ1) is 20.9. The number of aliphatic hydroxyl groups excluding tert-OH is 1. The molecule has 1 aromatic heterocycles. The Kier molecular flexibility index (Phi) is 7.32. The van der Waals surface area contributed by atoms with Crippen molar-refractivity contribution in [3.8, 4) is 5.75 Å². The van der Waals surface area contributed by atoms with Gasteiger partial charge in [-0.15, -0.1) is 11.3 Å². The van der Waals surface area contributed by atoms with Crippen molar-refractivity contribution in [1.82, 2.24) is 0 Å². The summed E-state index contributed by atoms with van der Waals surface area (Å²) in [4.78, 5) is 31.5. The maximum absolute atomic E-state index is 13.6. The molecule has 2 aromatic carbocycles. The number of alkyl halides is 1. The molecule has 0 aliphatic heterocycles. The molecule has 2 unspecified atom stereocenters. The Morgan fingerprint density at radius 2 is 1.89 bits per heavy atom. The third-order valence-electron chi connectivity index (χ3n) is 3.41. The topological polar surface area (TPSA) is 110 Å². The molecule has 2 N–H and O–H groups in total. The van der Waals surface area contributed by atoms with E-state index in [-0.39, 0.29) is 11.4 Å². The zero-order valence-corrected chi connectivity index (χ0v) is 15.8. The molecule has 142 valence electrons. The molecule has 0 amide bonds. The molecule has 3 rings (SSSR count). The van der Waals surface area contributed by atoms with Gasteiger partial charge in [-0.25, -0.2) is 9.18 Å². The number of ether oxygens (including phenoxy) is 1. The zero-order valence-electron chi connectivity index (χ0n) is 14.0. The van der Waals surface area contributed by atoms with Crippen molar-refractivity contribution in [2.45, 2.75) is 5.91 Å². The number of thiophene rings is 1. The van der Waals surface area contributed by atoms with Crippen molar-refractivity contribution in [1.29, 1.82) is 0 Å².